The molecular weight excluding hydrogens is 384 g/mol. The van der Waals surface area contributed by atoms with Crippen LogP contribution in [0.3, 0.4) is 0 Å². The molecule has 5 nitrogen and oxygen atoms in total. The van der Waals surface area contributed by atoms with Crippen molar-refractivity contribution in [3.05, 3.63) is 53.1 Å². The number of rotatable bonds is 4. The molecule has 1 N–H and O–H groups in total. The van der Waals surface area contributed by atoms with E-state index in [1.54, 1.807) is 24.3 Å². The minimum Gasteiger partial charge on any atom is -0.312 e. The number of hydrogen-bond donors (Lipinski definition) is 1. The highest BCUT2D eigenvalue weighted by molar-refractivity contribution is 7.92. The van der Waals surface area contributed by atoms with Crippen molar-refractivity contribution >= 4 is 38.9 Å². The van der Waals surface area contributed by atoms with Crippen LogP contribution >= 0.6 is 11.6 Å². The molecule has 27 heavy (non-hydrogen) atoms. The van der Waals surface area contributed by atoms with Gasteiger partial charge in [-0.1, -0.05) is 36.6 Å². The van der Waals surface area contributed by atoms with Gasteiger partial charge < -0.3 is 4.90 Å². The standard InChI is InChI=1S/C20H21ClN2O3S/c21-16-6-3-7-18(12-16)27(25,26)22-17-9-8-14-10-11-23(19(14)13-17)20(24)15-4-1-2-5-15/h3,6-9,12-13,15,22H,1-2,4-5,10-11H2. The summed E-state index contributed by atoms with van der Waals surface area (Å²) in [5.41, 5.74) is 2.34. The van der Waals surface area contributed by atoms with Crippen LogP contribution in [0.4, 0.5) is 11.4 Å². The zero-order chi connectivity index (χ0) is 19.0. The Kier molecular flexibility index (Phi) is 4.86. The summed E-state index contributed by atoms with van der Waals surface area (Å²) in [6.07, 6.45) is 4.92. The average Bonchev–Trinajstić information content (AvgIpc) is 3.30. The Bertz CT molecular complexity index is 984. The lowest BCUT2D eigenvalue weighted by atomic mass is 10.1. The van der Waals surface area contributed by atoms with Crippen LogP contribution in [0.15, 0.2) is 47.4 Å². The Morgan fingerprint density at radius 1 is 1.11 bits per heavy atom. The number of hydrogen-bond acceptors (Lipinski definition) is 3. The molecule has 2 aromatic rings. The number of carbonyl (C=O) groups excluding carboxylic acids is 1. The number of benzene rings is 2. The Morgan fingerprint density at radius 3 is 2.63 bits per heavy atom. The number of anilines is 2. The summed E-state index contributed by atoms with van der Waals surface area (Å²) in [7, 11) is -3.74. The zero-order valence-corrected chi connectivity index (χ0v) is 16.4. The van der Waals surface area contributed by atoms with Crippen LogP contribution in [0.2, 0.25) is 5.02 Å². The Balaban J connectivity index is 1.59. The second-order valence-corrected chi connectivity index (χ2v) is 9.25. The summed E-state index contributed by atoms with van der Waals surface area (Å²) in [5, 5.41) is 0.361. The molecule has 1 aliphatic heterocycles. The van der Waals surface area contributed by atoms with Crippen molar-refractivity contribution in [1.29, 1.82) is 0 Å². The quantitative estimate of drug-likeness (QED) is 0.829. The first-order valence-electron chi connectivity index (χ1n) is 9.17. The molecule has 1 saturated carbocycles. The molecule has 0 atom stereocenters. The van der Waals surface area contributed by atoms with E-state index in [4.69, 9.17) is 11.6 Å². The number of halogens is 1. The molecule has 0 radical (unpaired) electrons. The summed E-state index contributed by atoms with van der Waals surface area (Å²) >= 11 is 5.91. The molecule has 4 rings (SSSR count). The molecular formula is C20H21ClN2O3S. The molecule has 1 aliphatic carbocycles. The third-order valence-electron chi connectivity index (χ3n) is 5.31. The molecule has 1 heterocycles. The fraction of sp³-hybridized carbons (Fsp3) is 0.350. The van der Waals surface area contributed by atoms with Gasteiger partial charge in [-0.25, -0.2) is 8.42 Å². The SMILES string of the molecule is O=C(C1CCCC1)N1CCc2ccc(NS(=O)(=O)c3cccc(Cl)c3)cc21. The molecule has 0 aromatic heterocycles. The molecule has 1 amide bonds. The predicted molar refractivity (Wildman–Crippen MR) is 107 cm³/mol. The number of amides is 1. The Hall–Kier alpha value is -2.05. The maximum absolute atomic E-state index is 12.8. The normalized spacial score (nSPS) is 17.1. The van der Waals surface area contributed by atoms with Gasteiger partial charge in [0.1, 0.15) is 0 Å². The Labute approximate surface area is 164 Å². The summed E-state index contributed by atoms with van der Waals surface area (Å²) < 4.78 is 27.9. The topological polar surface area (TPSA) is 66.5 Å². The summed E-state index contributed by atoms with van der Waals surface area (Å²) in [4.78, 5) is 14.8. The molecule has 2 aliphatic rings. The molecule has 0 saturated heterocycles. The van der Waals surface area contributed by atoms with Gasteiger partial charge in [0.25, 0.3) is 10.0 Å². The van der Waals surface area contributed by atoms with Gasteiger partial charge >= 0.3 is 0 Å². The van der Waals surface area contributed by atoms with Crippen molar-refractivity contribution < 1.29 is 13.2 Å². The molecule has 2 aromatic carbocycles. The average molecular weight is 405 g/mol. The fourth-order valence-electron chi connectivity index (χ4n) is 3.91. The third kappa shape index (κ3) is 3.69. The van der Waals surface area contributed by atoms with E-state index in [1.807, 2.05) is 11.0 Å². The van der Waals surface area contributed by atoms with Gasteiger partial charge in [-0.2, -0.15) is 0 Å². The lowest BCUT2D eigenvalue weighted by Gasteiger charge is -2.21. The van der Waals surface area contributed by atoms with Crippen LogP contribution in [-0.4, -0.2) is 20.9 Å². The van der Waals surface area contributed by atoms with E-state index < -0.39 is 10.0 Å². The highest BCUT2D eigenvalue weighted by atomic mass is 35.5. The highest BCUT2D eigenvalue weighted by Gasteiger charge is 2.32. The molecule has 0 spiro atoms. The van der Waals surface area contributed by atoms with Crippen LogP contribution < -0.4 is 9.62 Å². The van der Waals surface area contributed by atoms with E-state index in [0.717, 1.165) is 43.4 Å². The number of carbonyl (C=O) groups is 1. The second kappa shape index (κ2) is 7.17. The first-order valence-corrected chi connectivity index (χ1v) is 11.0. The van der Waals surface area contributed by atoms with Crippen molar-refractivity contribution in [1.82, 2.24) is 0 Å². The van der Waals surface area contributed by atoms with E-state index in [0.29, 0.717) is 17.3 Å². The largest absolute Gasteiger partial charge is 0.312 e. The van der Waals surface area contributed by atoms with Crippen LogP contribution in [-0.2, 0) is 21.2 Å². The van der Waals surface area contributed by atoms with E-state index in [2.05, 4.69) is 4.72 Å². The van der Waals surface area contributed by atoms with Gasteiger partial charge in [0.2, 0.25) is 5.91 Å². The van der Waals surface area contributed by atoms with Gasteiger partial charge in [0, 0.05) is 23.2 Å². The van der Waals surface area contributed by atoms with Crippen molar-refractivity contribution in [3.8, 4) is 0 Å². The summed E-state index contributed by atoms with van der Waals surface area (Å²) in [6, 6.07) is 11.5. The molecule has 7 heteroatoms. The highest BCUT2D eigenvalue weighted by Crippen LogP contribution is 2.35. The van der Waals surface area contributed by atoms with E-state index in [-0.39, 0.29) is 16.7 Å². The predicted octanol–water partition coefficient (Wildman–Crippen LogP) is 4.22. The van der Waals surface area contributed by atoms with Crippen LogP contribution in [0.25, 0.3) is 0 Å². The van der Waals surface area contributed by atoms with Crippen LogP contribution in [0.5, 0.6) is 0 Å². The summed E-state index contributed by atoms with van der Waals surface area (Å²) in [5.74, 6) is 0.267. The van der Waals surface area contributed by atoms with Crippen molar-refractivity contribution in [2.45, 2.75) is 37.0 Å². The maximum Gasteiger partial charge on any atom is 0.261 e. The van der Waals surface area contributed by atoms with Gasteiger partial charge in [-0.05, 0) is 55.2 Å². The van der Waals surface area contributed by atoms with Gasteiger partial charge in [-0.15, -0.1) is 0 Å². The number of sulfonamides is 1. The first-order chi connectivity index (χ1) is 12.9. The lowest BCUT2D eigenvalue weighted by molar-refractivity contribution is -0.122. The third-order valence-corrected chi connectivity index (χ3v) is 6.92. The van der Waals surface area contributed by atoms with Gasteiger partial charge in [0.05, 0.1) is 10.6 Å². The molecule has 0 bridgehead atoms. The number of fused-ring (bicyclic) bond motifs is 1. The fourth-order valence-corrected chi connectivity index (χ4v) is 5.26. The first kappa shape index (κ1) is 18.3. The van der Waals surface area contributed by atoms with Crippen LogP contribution in [0.1, 0.15) is 31.2 Å². The summed E-state index contributed by atoms with van der Waals surface area (Å²) in [6.45, 7) is 0.662. The van der Waals surface area contributed by atoms with E-state index >= 15 is 0 Å². The van der Waals surface area contributed by atoms with Crippen molar-refractivity contribution in [3.63, 3.8) is 0 Å². The zero-order valence-electron chi connectivity index (χ0n) is 14.8. The number of nitrogens with zero attached hydrogens (tertiary/aromatic N) is 1. The monoisotopic (exact) mass is 404 g/mol. The molecule has 1 fully saturated rings. The van der Waals surface area contributed by atoms with Crippen molar-refractivity contribution in [2.75, 3.05) is 16.2 Å². The maximum atomic E-state index is 12.8. The van der Waals surface area contributed by atoms with Gasteiger partial charge in [0.15, 0.2) is 0 Å². The number of nitrogens with one attached hydrogen (secondary N) is 1. The second-order valence-electron chi connectivity index (χ2n) is 7.13. The smallest absolute Gasteiger partial charge is 0.261 e. The Morgan fingerprint density at radius 2 is 1.89 bits per heavy atom. The van der Waals surface area contributed by atoms with Crippen molar-refractivity contribution in [2.24, 2.45) is 5.92 Å². The molecule has 0 unspecified atom stereocenters. The van der Waals surface area contributed by atoms with Gasteiger partial charge in [-0.3, -0.25) is 9.52 Å². The minimum atomic E-state index is -3.74. The lowest BCUT2D eigenvalue weighted by Crippen LogP contribution is -2.33. The van der Waals surface area contributed by atoms with Crippen LogP contribution in [0, 0.1) is 5.92 Å². The van der Waals surface area contributed by atoms with E-state index in [9.17, 15) is 13.2 Å². The minimum absolute atomic E-state index is 0.0998. The molecule has 142 valence electrons. The van der Waals surface area contributed by atoms with E-state index in [1.165, 1.54) is 12.1 Å².